The lowest BCUT2D eigenvalue weighted by molar-refractivity contribution is 0.0384. The van der Waals surface area contributed by atoms with Gasteiger partial charge in [0.1, 0.15) is 0 Å². The van der Waals surface area contributed by atoms with Crippen molar-refractivity contribution in [1.29, 1.82) is 0 Å². The van der Waals surface area contributed by atoms with E-state index in [2.05, 4.69) is 24.0 Å². The molecule has 3 rings (SSSR count). The average molecular weight is 303 g/mol. The zero-order valence-corrected chi connectivity index (χ0v) is 13.1. The molecule has 0 bridgehead atoms. The van der Waals surface area contributed by atoms with Gasteiger partial charge in [-0.25, -0.2) is 4.98 Å². The van der Waals surface area contributed by atoms with Crippen LogP contribution in [0.1, 0.15) is 18.2 Å². The van der Waals surface area contributed by atoms with Crippen molar-refractivity contribution in [2.75, 3.05) is 24.6 Å². The molecule has 1 unspecified atom stereocenters. The molecule has 1 aromatic heterocycles. The van der Waals surface area contributed by atoms with Crippen LogP contribution in [0.2, 0.25) is 0 Å². The Kier molecular flexibility index (Phi) is 4.53. The highest BCUT2D eigenvalue weighted by molar-refractivity contribution is 7.16. The number of anilines is 1. The zero-order valence-electron chi connectivity index (χ0n) is 12.3. The third kappa shape index (κ3) is 3.10. The molecule has 1 aliphatic heterocycles. The van der Waals surface area contributed by atoms with E-state index >= 15 is 0 Å². The number of hydrogen-bond donors (Lipinski definition) is 1. The molecular weight excluding hydrogens is 282 g/mol. The fourth-order valence-corrected chi connectivity index (χ4v) is 3.57. The molecule has 2 aromatic rings. The molecule has 1 aromatic carbocycles. The maximum absolute atomic E-state index is 5.91. The van der Waals surface area contributed by atoms with Gasteiger partial charge >= 0.3 is 0 Å². The van der Waals surface area contributed by atoms with E-state index in [0.29, 0.717) is 12.6 Å². The van der Waals surface area contributed by atoms with Crippen LogP contribution in [-0.4, -0.2) is 30.8 Å². The Hall–Kier alpha value is -1.43. The van der Waals surface area contributed by atoms with Gasteiger partial charge in [0.15, 0.2) is 5.13 Å². The smallest absolute Gasteiger partial charge is 0.186 e. The molecule has 0 radical (unpaired) electrons. The molecule has 5 heteroatoms. The quantitative estimate of drug-likeness (QED) is 0.943. The van der Waals surface area contributed by atoms with E-state index in [9.17, 15) is 0 Å². The summed E-state index contributed by atoms with van der Waals surface area (Å²) in [4.78, 5) is 8.33. The van der Waals surface area contributed by atoms with Gasteiger partial charge in [0.2, 0.25) is 0 Å². The van der Waals surface area contributed by atoms with Crippen molar-refractivity contribution < 1.29 is 4.74 Å². The monoisotopic (exact) mass is 303 g/mol. The number of hydrogen-bond acceptors (Lipinski definition) is 5. The van der Waals surface area contributed by atoms with E-state index in [-0.39, 0.29) is 0 Å². The van der Waals surface area contributed by atoms with Crippen LogP contribution in [0, 0.1) is 0 Å². The van der Waals surface area contributed by atoms with Crippen LogP contribution >= 0.6 is 11.3 Å². The van der Waals surface area contributed by atoms with Gasteiger partial charge in [-0.15, -0.1) is 0 Å². The Balaban J connectivity index is 1.89. The topological polar surface area (TPSA) is 51.4 Å². The second-order valence-corrected chi connectivity index (χ2v) is 6.25. The summed E-state index contributed by atoms with van der Waals surface area (Å²) in [7, 11) is 0. The third-order valence-electron chi connectivity index (χ3n) is 3.78. The standard InChI is InChI=1S/C16H21N3OS/c1-2-13-11-19(8-9-20-13)16-18-15(14(10-17)21-16)12-6-4-3-5-7-12/h3-7,13H,2,8-11,17H2,1H3. The Bertz CT molecular complexity index is 584. The van der Waals surface area contributed by atoms with Crippen molar-refractivity contribution in [1.82, 2.24) is 4.98 Å². The zero-order chi connectivity index (χ0) is 14.7. The van der Waals surface area contributed by atoms with Crippen LogP contribution in [0.3, 0.4) is 0 Å². The summed E-state index contributed by atoms with van der Waals surface area (Å²) in [5, 5.41) is 1.07. The van der Waals surface area contributed by atoms with Crippen LogP contribution in [0.4, 0.5) is 5.13 Å². The highest BCUT2D eigenvalue weighted by atomic mass is 32.1. The molecule has 0 spiro atoms. The number of aromatic nitrogens is 1. The predicted octanol–water partition coefficient (Wildman–Crippen LogP) is 2.88. The fraction of sp³-hybridized carbons (Fsp3) is 0.438. The van der Waals surface area contributed by atoms with Crippen molar-refractivity contribution in [3.63, 3.8) is 0 Å². The van der Waals surface area contributed by atoms with E-state index in [1.807, 2.05) is 18.2 Å². The molecule has 0 amide bonds. The van der Waals surface area contributed by atoms with Gasteiger partial charge < -0.3 is 15.4 Å². The lowest BCUT2D eigenvalue weighted by atomic mass is 10.1. The highest BCUT2D eigenvalue weighted by Gasteiger charge is 2.23. The molecule has 2 N–H and O–H groups in total. The van der Waals surface area contributed by atoms with E-state index in [0.717, 1.165) is 47.4 Å². The highest BCUT2D eigenvalue weighted by Crippen LogP contribution is 2.33. The van der Waals surface area contributed by atoms with Crippen LogP contribution < -0.4 is 10.6 Å². The van der Waals surface area contributed by atoms with E-state index < -0.39 is 0 Å². The normalized spacial score (nSPS) is 19.0. The molecule has 0 saturated carbocycles. The Morgan fingerprint density at radius 1 is 1.38 bits per heavy atom. The molecule has 4 nitrogen and oxygen atoms in total. The summed E-state index contributed by atoms with van der Waals surface area (Å²) in [6.45, 7) is 5.29. The van der Waals surface area contributed by atoms with Crippen molar-refractivity contribution >= 4 is 16.5 Å². The first kappa shape index (κ1) is 14.5. The van der Waals surface area contributed by atoms with Gasteiger partial charge in [-0.3, -0.25) is 0 Å². The van der Waals surface area contributed by atoms with Gasteiger partial charge in [-0.05, 0) is 6.42 Å². The first-order valence-electron chi connectivity index (χ1n) is 7.43. The van der Waals surface area contributed by atoms with Crippen LogP contribution in [0.25, 0.3) is 11.3 Å². The molecule has 21 heavy (non-hydrogen) atoms. The summed E-state index contributed by atoms with van der Waals surface area (Å²) in [5.74, 6) is 0. The van der Waals surface area contributed by atoms with Crippen LogP contribution in [0.5, 0.6) is 0 Å². The fourth-order valence-electron chi connectivity index (χ4n) is 2.57. The first-order chi connectivity index (χ1) is 10.3. The summed E-state index contributed by atoms with van der Waals surface area (Å²) in [5.41, 5.74) is 8.08. The van der Waals surface area contributed by atoms with Gasteiger partial charge in [0.05, 0.1) is 18.4 Å². The largest absolute Gasteiger partial charge is 0.375 e. The summed E-state index contributed by atoms with van der Waals surface area (Å²) in [6, 6.07) is 10.3. The predicted molar refractivity (Wildman–Crippen MR) is 87.7 cm³/mol. The van der Waals surface area contributed by atoms with Crippen LogP contribution in [0.15, 0.2) is 30.3 Å². The van der Waals surface area contributed by atoms with Crippen molar-refractivity contribution in [3.05, 3.63) is 35.2 Å². The van der Waals surface area contributed by atoms with E-state index in [1.54, 1.807) is 11.3 Å². The van der Waals surface area contributed by atoms with Crippen molar-refractivity contribution in [2.24, 2.45) is 5.73 Å². The van der Waals surface area contributed by atoms with Crippen molar-refractivity contribution in [2.45, 2.75) is 26.0 Å². The average Bonchev–Trinajstić information content (AvgIpc) is 3.00. The van der Waals surface area contributed by atoms with E-state index in [1.165, 1.54) is 0 Å². The number of ether oxygens (including phenoxy) is 1. The minimum atomic E-state index is 0.309. The lowest BCUT2D eigenvalue weighted by Crippen LogP contribution is -2.42. The molecule has 0 aliphatic carbocycles. The van der Waals surface area contributed by atoms with Gasteiger partial charge in [-0.1, -0.05) is 48.6 Å². The summed E-state index contributed by atoms with van der Waals surface area (Å²) < 4.78 is 5.74. The maximum atomic E-state index is 5.91. The molecule has 2 heterocycles. The Morgan fingerprint density at radius 3 is 2.90 bits per heavy atom. The number of nitrogens with zero attached hydrogens (tertiary/aromatic N) is 2. The SMILES string of the molecule is CCC1CN(c2nc(-c3ccccc3)c(CN)s2)CCO1. The van der Waals surface area contributed by atoms with Crippen molar-refractivity contribution in [3.8, 4) is 11.3 Å². The summed E-state index contributed by atoms with van der Waals surface area (Å²) in [6.07, 6.45) is 1.35. The number of thiazole rings is 1. The molecule has 1 saturated heterocycles. The molecule has 1 aliphatic rings. The van der Waals surface area contributed by atoms with Gasteiger partial charge in [0.25, 0.3) is 0 Å². The van der Waals surface area contributed by atoms with Crippen LogP contribution in [-0.2, 0) is 11.3 Å². The summed E-state index contributed by atoms with van der Waals surface area (Å²) >= 11 is 1.71. The maximum Gasteiger partial charge on any atom is 0.186 e. The van der Waals surface area contributed by atoms with Gasteiger partial charge in [-0.2, -0.15) is 0 Å². The number of nitrogens with two attached hydrogens (primary N) is 1. The van der Waals surface area contributed by atoms with E-state index in [4.69, 9.17) is 15.5 Å². The number of morpholine rings is 1. The number of benzene rings is 1. The first-order valence-corrected chi connectivity index (χ1v) is 8.25. The Morgan fingerprint density at radius 2 is 2.19 bits per heavy atom. The molecule has 112 valence electrons. The second-order valence-electron chi connectivity index (χ2n) is 5.19. The third-order valence-corrected chi connectivity index (χ3v) is 4.92. The second kappa shape index (κ2) is 6.56. The minimum absolute atomic E-state index is 0.309. The minimum Gasteiger partial charge on any atom is -0.375 e. The Labute approximate surface area is 129 Å². The lowest BCUT2D eigenvalue weighted by Gasteiger charge is -2.32. The molecule has 1 fully saturated rings. The number of rotatable bonds is 4. The molecular formula is C16H21N3OS. The van der Waals surface area contributed by atoms with Gasteiger partial charge in [0, 0.05) is 30.1 Å². The molecule has 1 atom stereocenters.